The van der Waals surface area contributed by atoms with Crippen molar-refractivity contribution in [3.63, 3.8) is 0 Å². The number of benzene rings is 16. The Morgan fingerprint density at radius 1 is 0.222 bits per heavy atom. The van der Waals surface area contributed by atoms with E-state index in [-0.39, 0.29) is 10.8 Å². The number of fused-ring (bicyclic) bond motifs is 6. The lowest BCUT2D eigenvalue weighted by Gasteiger charge is -2.35. The lowest BCUT2D eigenvalue weighted by atomic mass is 9.81. The third kappa shape index (κ3) is 13.5. The highest BCUT2D eigenvalue weighted by Crippen LogP contribution is 2.52. The second-order valence-electron chi connectivity index (χ2n) is 28.9. The first kappa shape index (κ1) is 70.6. The normalized spacial score (nSPS) is 12.7. The minimum Gasteiger partial charge on any atom is -0.310 e. The molecule has 0 heterocycles. The van der Waals surface area contributed by atoms with Gasteiger partial charge < -0.3 is 9.80 Å². The SMILES string of the molecule is CC1(C)c2cc(-c3cccc(N(c4ccccc4)c4ccccc4)c3)ccc2-c2ccc([Si](c3ccccc3)(c3ccccc3)c3ccccc3)cc21.CC1(C)c2cc(Br)ccc2-c2ccc(-c3cccc(N(c4ccccc4)c4ccccc4)c3)cc21.Cl[Si](c1ccccc1)(c1ccccc1)c1ccccc1. The number of anilines is 6. The molecule has 2 aliphatic rings. The number of rotatable bonds is 15. The molecule has 108 heavy (non-hydrogen) atoms. The molecule has 0 unspecified atom stereocenters. The van der Waals surface area contributed by atoms with Crippen LogP contribution < -0.4 is 46.1 Å². The highest BCUT2D eigenvalue weighted by molar-refractivity contribution is 9.10. The largest absolute Gasteiger partial charge is 0.310 e. The molecule has 2 nitrogen and oxygen atoms in total. The molecular formula is C102H82BrClN2Si2. The first-order valence-corrected chi connectivity index (χ1v) is 43.0. The maximum Gasteiger partial charge on any atom is 0.247 e. The van der Waals surface area contributed by atoms with E-state index in [0.29, 0.717) is 0 Å². The first-order chi connectivity index (χ1) is 52.9. The van der Waals surface area contributed by atoms with E-state index in [4.69, 9.17) is 11.1 Å². The summed E-state index contributed by atoms with van der Waals surface area (Å²) in [6.07, 6.45) is 0. The summed E-state index contributed by atoms with van der Waals surface area (Å²) in [5.41, 5.74) is 22.4. The lowest BCUT2D eigenvalue weighted by Crippen LogP contribution is -2.74. The Morgan fingerprint density at radius 3 is 0.796 bits per heavy atom. The Hall–Kier alpha value is -11.7. The summed E-state index contributed by atoms with van der Waals surface area (Å²) < 4.78 is 1.13. The van der Waals surface area contributed by atoms with E-state index in [0.717, 1.165) is 38.6 Å². The molecule has 0 saturated carbocycles. The maximum absolute atomic E-state index is 7.25. The van der Waals surface area contributed by atoms with Gasteiger partial charge in [0.15, 0.2) is 8.07 Å². The van der Waals surface area contributed by atoms with Crippen LogP contribution in [-0.2, 0) is 10.8 Å². The van der Waals surface area contributed by atoms with Crippen molar-refractivity contribution in [1.82, 2.24) is 0 Å². The Labute approximate surface area is 652 Å². The molecule has 6 heteroatoms. The van der Waals surface area contributed by atoms with Crippen LogP contribution in [-0.4, -0.2) is 15.5 Å². The minimum absolute atomic E-state index is 0.0395. The molecule has 16 aromatic rings. The molecule has 522 valence electrons. The van der Waals surface area contributed by atoms with E-state index >= 15 is 0 Å². The average Bonchev–Trinajstić information content (AvgIpc) is 1.48. The Morgan fingerprint density at radius 2 is 0.472 bits per heavy atom. The van der Waals surface area contributed by atoms with Crippen LogP contribution in [0.5, 0.6) is 0 Å². The van der Waals surface area contributed by atoms with Gasteiger partial charge in [-0.05, 0) is 200 Å². The number of hydrogen-bond donors (Lipinski definition) is 0. The van der Waals surface area contributed by atoms with Gasteiger partial charge in [0, 0.05) is 49.4 Å². The maximum atomic E-state index is 7.25. The third-order valence-corrected chi connectivity index (χ3v) is 32.4. The van der Waals surface area contributed by atoms with Gasteiger partial charge in [-0.25, -0.2) is 0 Å². The van der Waals surface area contributed by atoms with Crippen molar-refractivity contribution >= 4 is 113 Å². The van der Waals surface area contributed by atoms with Crippen molar-refractivity contribution in [2.75, 3.05) is 9.80 Å². The molecule has 0 spiro atoms. The van der Waals surface area contributed by atoms with Crippen LogP contribution in [0, 0.1) is 0 Å². The highest BCUT2D eigenvalue weighted by Gasteiger charge is 2.45. The fourth-order valence-corrected chi connectivity index (χ4v) is 25.7. The van der Waals surface area contributed by atoms with Crippen LogP contribution in [0.2, 0.25) is 0 Å². The van der Waals surface area contributed by atoms with Crippen molar-refractivity contribution < 1.29 is 0 Å². The van der Waals surface area contributed by atoms with Gasteiger partial charge in [-0.3, -0.25) is 0 Å². The predicted molar refractivity (Wildman–Crippen MR) is 469 cm³/mol. The van der Waals surface area contributed by atoms with Gasteiger partial charge in [-0.1, -0.05) is 371 Å². The van der Waals surface area contributed by atoms with Crippen molar-refractivity contribution in [2.45, 2.75) is 38.5 Å². The summed E-state index contributed by atoms with van der Waals surface area (Å²) in [5, 5.41) is 9.27. The van der Waals surface area contributed by atoms with Gasteiger partial charge in [-0.2, -0.15) is 0 Å². The van der Waals surface area contributed by atoms with Crippen LogP contribution in [0.15, 0.2) is 429 Å². The van der Waals surface area contributed by atoms with Crippen LogP contribution in [0.4, 0.5) is 34.1 Å². The van der Waals surface area contributed by atoms with Crippen molar-refractivity contribution in [1.29, 1.82) is 0 Å². The zero-order valence-corrected chi connectivity index (χ0v) is 65.4. The predicted octanol–water partition coefficient (Wildman–Crippen LogP) is 23.3. The molecule has 0 radical (unpaired) electrons. The van der Waals surface area contributed by atoms with Crippen LogP contribution in [0.1, 0.15) is 49.9 Å². The molecular weight excluding hydrogens is 1420 g/mol. The molecule has 16 aromatic carbocycles. The highest BCUT2D eigenvalue weighted by atomic mass is 79.9. The molecule has 0 atom stereocenters. The Balaban J connectivity index is 0.000000138. The molecule has 0 amide bonds. The van der Waals surface area contributed by atoms with Crippen molar-refractivity contribution in [3.05, 3.63) is 451 Å². The number of nitrogens with zero attached hydrogens (tertiary/aromatic N) is 2. The van der Waals surface area contributed by atoms with Crippen molar-refractivity contribution in [2.24, 2.45) is 0 Å². The monoisotopic (exact) mass is 1500 g/mol. The third-order valence-electron chi connectivity index (χ3n) is 21.8. The fourth-order valence-electron chi connectivity index (χ4n) is 16.5. The van der Waals surface area contributed by atoms with E-state index in [9.17, 15) is 0 Å². The van der Waals surface area contributed by atoms with Gasteiger partial charge in [0.05, 0.1) is 0 Å². The van der Waals surface area contributed by atoms with Gasteiger partial charge in [0.2, 0.25) is 7.38 Å². The summed E-state index contributed by atoms with van der Waals surface area (Å²) >= 11 is 10.9. The molecule has 0 bridgehead atoms. The molecule has 0 aliphatic heterocycles. The second kappa shape index (κ2) is 30.7. The zero-order chi connectivity index (χ0) is 73.7. The minimum atomic E-state index is -2.65. The average molecular weight is 1510 g/mol. The molecule has 0 aromatic heterocycles. The fraction of sp³-hybridized carbons (Fsp3) is 0.0588. The topological polar surface area (TPSA) is 6.48 Å². The van der Waals surface area contributed by atoms with E-state index in [1.54, 1.807) is 0 Å². The smallest absolute Gasteiger partial charge is 0.247 e. The summed E-state index contributed by atoms with van der Waals surface area (Å²) in [5.74, 6) is 0. The summed E-state index contributed by atoms with van der Waals surface area (Å²) in [6.45, 7) is 9.48. The van der Waals surface area contributed by atoms with Gasteiger partial charge in [-0.15, -0.1) is 11.1 Å². The molecule has 18 rings (SSSR count). The Kier molecular flexibility index (Phi) is 20.0. The van der Waals surface area contributed by atoms with Crippen LogP contribution >= 0.6 is 27.0 Å². The number of para-hydroxylation sites is 4. The quantitative estimate of drug-likeness (QED) is 0.0573. The zero-order valence-electron chi connectivity index (χ0n) is 61.1. The van der Waals surface area contributed by atoms with Crippen molar-refractivity contribution in [3.8, 4) is 44.5 Å². The van der Waals surface area contributed by atoms with E-state index in [2.05, 4.69) is 460 Å². The molecule has 0 N–H and O–H groups in total. The van der Waals surface area contributed by atoms with E-state index in [1.807, 2.05) is 18.2 Å². The second-order valence-corrected chi connectivity index (χ2v) is 38.4. The lowest BCUT2D eigenvalue weighted by molar-refractivity contribution is 0.660. The first-order valence-electron chi connectivity index (χ1n) is 37.2. The van der Waals surface area contributed by atoms with Crippen LogP contribution in [0.25, 0.3) is 44.5 Å². The Bertz CT molecular complexity index is 5480. The van der Waals surface area contributed by atoms with Crippen LogP contribution in [0.3, 0.4) is 0 Å². The van der Waals surface area contributed by atoms with Gasteiger partial charge >= 0.3 is 0 Å². The standard InChI is InChI=1S/C51H41NSi.C33H26BrN.C18H15ClSi/c1-51(2)49-36-39(38-19-18-24-42(35-38)52(40-20-8-3-9-21-40)41-22-10-4-11-23-41)31-33-47(49)48-34-32-46(37-50(48)51)53(43-25-12-5-13-26-43,44-27-14-6-15-28-44)45-29-16-7-17-30-45;1-33(2)31-21-24(16-18-29(31)30-19-17-25(34)22-32(30)33)23-10-9-15-28(20-23)35(26-11-5-3-6-12-26)27-13-7-4-8-14-27;19-20(16-10-4-1-5-11-16,17-12-6-2-7-13-17)18-14-8-3-9-15-18/h3-37H,1-2H3;3-22H,1-2H3;1-15H. The number of halogens is 2. The molecule has 0 saturated heterocycles. The van der Waals surface area contributed by atoms with Gasteiger partial charge in [0.1, 0.15) is 0 Å². The van der Waals surface area contributed by atoms with E-state index in [1.165, 1.54) is 103 Å². The summed E-state index contributed by atoms with van der Waals surface area (Å²) in [6, 6.07) is 153. The van der Waals surface area contributed by atoms with Gasteiger partial charge in [0.25, 0.3) is 0 Å². The van der Waals surface area contributed by atoms with E-state index < -0.39 is 15.5 Å². The summed E-state index contributed by atoms with van der Waals surface area (Å²) in [4.78, 5) is 4.65. The molecule has 0 fully saturated rings. The molecule has 2 aliphatic carbocycles. The number of hydrogen-bond acceptors (Lipinski definition) is 2. The summed E-state index contributed by atoms with van der Waals surface area (Å²) in [7, 11) is -5.06.